The monoisotopic (exact) mass is 306 g/mol. The summed E-state index contributed by atoms with van der Waals surface area (Å²) < 4.78 is 1.73. The second kappa shape index (κ2) is 6.63. The summed E-state index contributed by atoms with van der Waals surface area (Å²) in [5.74, 6) is -0.176. The molecule has 1 aromatic heterocycles. The van der Waals surface area contributed by atoms with E-state index in [2.05, 4.69) is 10.4 Å². The van der Waals surface area contributed by atoms with E-state index in [1.54, 1.807) is 22.9 Å². The Labute approximate surface area is 129 Å². The highest BCUT2D eigenvalue weighted by atomic mass is 35.5. The number of halogens is 1. The van der Waals surface area contributed by atoms with Gasteiger partial charge < -0.3 is 11.1 Å². The molecule has 0 spiro atoms. The lowest BCUT2D eigenvalue weighted by molar-refractivity contribution is -0.116. The van der Waals surface area contributed by atoms with Gasteiger partial charge in [-0.25, -0.2) is 0 Å². The Morgan fingerprint density at radius 2 is 2.10 bits per heavy atom. The van der Waals surface area contributed by atoms with Crippen molar-refractivity contribution in [2.24, 2.45) is 0 Å². The number of carbonyl (C=O) groups is 1. The maximum absolute atomic E-state index is 12.1. The van der Waals surface area contributed by atoms with Crippen LogP contribution in [-0.4, -0.2) is 15.7 Å². The number of nitrogen functional groups attached to an aromatic ring is 1. The van der Waals surface area contributed by atoms with Crippen LogP contribution in [0.3, 0.4) is 0 Å². The van der Waals surface area contributed by atoms with Gasteiger partial charge in [-0.1, -0.05) is 25.4 Å². The number of benzene rings is 1. The van der Waals surface area contributed by atoms with Crippen LogP contribution in [0.4, 0.5) is 11.4 Å². The highest BCUT2D eigenvalue weighted by Crippen LogP contribution is 2.22. The number of amides is 1. The number of carbonyl (C=O) groups excluding carboxylic acids is 1. The third kappa shape index (κ3) is 3.76. The largest absolute Gasteiger partial charge is 0.397 e. The van der Waals surface area contributed by atoms with E-state index >= 15 is 0 Å². The first-order valence-electron chi connectivity index (χ1n) is 6.94. The molecule has 0 unspecified atom stereocenters. The molecule has 0 fully saturated rings. The van der Waals surface area contributed by atoms with Crippen LogP contribution < -0.4 is 11.1 Å². The average Bonchev–Trinajstić information content (AvgIpc) is 2.85. The van der Waals surface area contributed by atoms with Crippen LogP contribution in [0.25, 0.3) is 0 Å². The molecule has 0 saturated carbocycles. The zero-order chi connectivity index (χ0) is 15.4. The standard InChI is InChI=1S/C15H19ClN4O/c1-3-11-8-12(4-2)20(19-11)9-15(21)18-14-7-10(16)5-6-13(14)17/h5-8H,3-4,9,17H2,1-2H3,(H,18,21). The summed E-state index contributed by atoms with van der Waals surface area (Å²) in [6, 6.07) is 7.01. The second-order valence-electron chi connectivity index (χ2n) is 4.77. The number of hydrogen-bond donors (Lipinski definition) is 2. The molecule has 5 nitrogen and oxygen atoms in total. The molecule has 0 aliphatic heterocycles. The summed E-state index contributed by atoms with van der Waals surface area (Å²) in [5, 5.41) is 7.72. The van der Waals surface area contributed by atoms with Crippen molar-refractivity contribution in [3.63, 3.8) is 0 Å². The fraction of sp³-hybridized carbons (Fsp3) is 0.333. The van der Waals surface area contributed by atoms with E-state index < -0.39 is 0 Å². The van der Waals surface area contributed by atoms with Crippen LogP contribution in [0, 0.1) is 0 Å². The Bertz CT molecular complexity index is 651. The first-order chi connectivity index (χ1) is 10.0. The molecule has 0 saturated heterocycles. The number of nitrogens with two attached hydrogens (primary N) is 1. The average molecular weight is 307 g/mol. The van der Waals surface area contributed by atoms with Crippen molar-refractivity contribution in [3.05, 3.63) is 40.7 Å². The van der Waals surface area contributed by atoms with E-state index in [1.165, 1.54) is 0 Å². The lowest BCUT2D eigenvalue weighted by Gasteiger charge is -2.10. The Morgan fingerprint density at radius 3 is 2.76 bits per heavy atom. The number of aryl methyl sites for hydroxylation is 2. The maximum atomic E-state index is 12.1. The van der Waals surface area contributed by atoms with Crippen LogP contribution in [0.5, 0.6) is 0 Å². The van der Waals surface area contributed by atoms with Crippen molar-refractivity contribution in [2.75, 3.05) is 11.1 Å². The van der Waals surface area contributed by atoms with Gasteiger partial charge in [-0.05, 0) is 37.1 Å². The van der Waals surface area contributed by atoms with Crippen LogP contribution in [0.15, 0.2) is 24.3 Å². The molecule has 21 heavy (non-hydrogen) atoms. The highest BCUT2D eigenvalue weighted by Gasteiger charge is 2.11. The maximum Gasteiger partial charge on any atom is 0.246 e. The minimum atomic E-state index is -0.176. The van der Waals surface area contributed by atoms with E-state index in [9.17, 15) is 4.79 Å². The van der Waals surface area contributed by atoms with Gasteiger partial charge in [0.05, 0.1) is 17.1 Å². The first kappa shape index (κ1) is 15.4. The number of nitrogens with one attached hydrogen (secondary N) is 1. The molecule has 0 atom stereocenters. The molecule has 0 aliphatic rings. The lowest BCUT2D eigenvalue weighted by atomic mass is 10.2. The zero-order valence-electron chi connectivity index (χ0n) is 12.2. The fourth-order valence-corrected chi connectivity index (χ4v) is 2.24. The van der Waals surface area contributed by atoms with Crippen molar-refractivity contribution in [2.45, 2.75) is 33.2 Å². The predicted octanol–water partition coefficient (Wildman–Crippen LogP) is 2.88. The predicted molar refractivity (Wildman–Crippen MR) is 85.5 cm³/mol. The molecule has 2 aromatic rings. The summed E-state index contributed by atoms with van der Waals surface area (Å²) in [6.07, 6.45) is 1.68. The van der Waals surface area contributed by atoms with E-state index in [1.807, 2.05) is 19.9 Å². The molecule has 3 N–H and O–H groups in total. The van der Waals surface area contributed by atoms with E-state index in [0.717, 1.165) is 24.2 Å². The van der Waals surface area contributed by atoms with Crippen molar-refractivity contribution in [3.8, 4) is 0 Å². The number of hydrogen-bond acceptors (Lipinski definition) is 3. The molecular weight excluding hydrogens is 288 g/mol. The summed E-state index contributed by atoms with van der Waals surface area (Å²) in [7, 11) is 0. The summed E-state index contributed by atoms with van der Waals surface area (Å²) in [5.41, 5.74) is 8.85. The van der Waals surface area contributed by atoms with Gasteiger partial charge in [-0.3, -0.25) is 9.48 Å². The normalized spacial score (nSPS) is 10.6. The van der Waals surface area contributed by atoms with E-state index in [4.69, 9.17) is 17.3 Å². The molecule has 0 aliphatic carbocycles. The lowest BCUT2D eigenvalue weighted by Crippen LogP contribution is -2.21. The Hall–Kier alpha value is -2.01. The third-order valence-corrected chi connectivity index (χ3v) is 3.46. The quantitative estimate of drug-likeness (QED) is 0.834. The van der Waals surface area contributed by atoms with Gasteiger partial charge in [-0.15, -0.1) is 0 Å². The Morgan fingerprint density at radius 1 is 1.33 bits per heavy atom. The Balaban J connectivity index is 2.11. The van der Waals surface area contributed by atoms with Gasteiger partial charge in [0.15, 0.2) is 0 Å². The Kier molecular flexibility index (Phi) is 4.85. The van der Waals surface area contributed by atoms with Crippen LogP contribution in [-0.2, 0) is 24.2 Å². The minimum absolute atomic E-state index is 0.162. The SMILES string of the molecule is CCc1cc(CC)n(CC(=O)Nc2cc(Cl)ccc2N)n1. The number of aromatic nitrogens is 2. The van der Waals surface area contributed by atoms with E-state index in [0.29, 0.717) is 16.4 Å². The first-order valence-corrected chi connectivity index (χ1v) is 7.31. The van der Waals surface area contributed by atoms with Gasteiger partial charge in [-0.2, -0.15) is 5.10 Å². The van der Waals surface area contributed by atoms with Crippen LogP contribution in [0.2, 0.25) is 5.02 Å². The van der Waals surface area contributed by atoms with Crippen molar-refractivity contribution < 1.29 is 4.79 Å². The topological polar surface area (TPSA) is 72.9 Å². The van der Waals surface area contributed by atoms with Gasteiger partial charge in [0.25, 0.3) is 0 Å². The smallest absolute Gasteiger partial charge is 0.246 e. The van der Waals surface area contributed by atoms with Gasteiger partial charge in [0, 0.05) is 10.7 Å². The molecule has 112 valence electrons. The van der Waals surface area contributed by atoms with Crippen LogP contribution in [0.1, 0.15) is 25.2 Å². The molecule has 1 aromatic carbocycles. The van der Waals surface area contributed by atoms with Gasteiger partial charge in [0.1, 0.15) is 6.54 Å². The molecule has 0 radical (unpaired) electrons. The molecule has 1 amide bonds. The highest BCUT2D eigenvalue weighted by molar-refractivity contribution is 6.31. The third-order valence-electron chi connectivity index (χ3n) is 3.22. The van der Waals surface area contributed by atoms with E-state index in [-0.39, 0.29) is 12.5 Å². The summed E-state index contributed by atoms with van der Waals surface area (Å²) in [4.78, 5) is 12.1. The van der Waals surface area contributed by atoms with Crippen molar-refractivity contribution in [1.82, 2.24) is 9.78 Å². The van der Waals surface area contributed by atoms with Gasteiger partial charge in [0.2, 0.25) is 5.91 Å². The van der Waals surface area contributed by atoms with Crippen LogP contribution >= 0.6 is 11.6 Å². The second-order valence-corrected chi connectivity index (χ2v) is 5.21. The molecule has 1 heterocycles. The van der Waals surface area contributed by atoms with Gasteiger partial charge >= 0.3 is 0 Å². The molecular formula is C15H19ClN4O. The zero-order valence-corrected chi connectivity index (χ0v) is 12.9. The van der Waals surface area contributed by atoms with Crippen molar-refractivity contribution >= 4 is 28.9 Å². The molecule has 0 bridgehead atoms. The number of anilines is 2. The fourth-order valence-electron chi connectivity index (χ4n) is 2.07. The minimum Gasteiger partial charge on any atom is -0.397 e. The number of rotatable bonds is 5. The summed E-state index contributed by atoms with van der Waals surface area (Å²) >= 11 is 5.91. The number of nitrogens with zero attached hydrogens (tertiary/aromatic N) is 2. The van der Waals surface area contributed by atoms with Crippen molar-refractivity contribution in [1.29, 1.82) is 0 Å². The summed E-state index contributed by atoms with van der Waals surface area (Å²) in [6.45, 7) is 4.24. The molecule has 6 heteroatoms. The molecule has 2 rings (SSSR count).